The Morgan fingerprint density at radius 1 is 1.16 bits per heavy atom. The molecule has 100 valence electrons. The molecular weight excluding hydrogens is 375 g/mol. The molecule has 0 amide bonds. The van der Waals surface area contributed by atoms with Crippen molar-refractivity contribution in [2.75, 3.05) is 4.72 Å². The topological polar surface area (TPSA) is 59.1 Å². The Kier molecular flexibility index (Phi) is 4.35. The average molecular weight is 382 g/mol. The molecule has 0 saturated carbocycles. The number of aromatic nitrogens is 1. The van der Waals surface area contributed by atoms with Gasteiger partial charge in [0.1, 0.15) is 4.90 Å². The summed E-state index contributed by atoms with van der Waals surface area (Å²) >= 11 is 14.9. The monoisotopic (exact) mass is 380 g/mol. The van der Waals surface area contributed by atoms with Gasteiger partial charge in [-0.2, -0.15) is 0 Å². The molecule has 0 aliphatic carbocycles. The number of hydrogen-bond donors (Lipinski definition) is 1. The van der Waals surface area contributed by atoms with Gasteiger partial charge in [0.05, 0.1) is 15.7 Å². The first-order valence-corrected chi connectivity index (χ1v) is 8.01. The summed E-state index contributed by atoms with van der Waals surface area (Å²) < 4.78 is 27.3. The molecule has 2 aromatic rings. The SMILES string of the molecule is O=S(=O)(Nc1ccc(Cl)c(Br)c1)c1cnccc1Cl. The molecule has 19 heavy (non-hydrogen) atoms. The summed E-state index contributed by atoms with van der Waals surface area (Å²) in [6.45, 7) is 0. The molecule has 0 aliphatic rings. The van der Waals surface area contributed by atoms with E-state index in [0.29, 0.717) is 15.2 Å². The highest BCUT2D eigenvalue weighted by atomic mass is 79.9. The second kappa shape index (κ2) is 5.66. The predicted molar refractivity (Wildman–Crippen MR) is 79.2 cm³/mol. The van der Waals surface area contributed by atoms with E-state index in [-0.39, 0.29) is 9.92 Å². The predicted octanol–water partition coefficient (Wildman–Crippen LogP) is 3.95. The van der Waals surface area contributed by atoms with Crippen molar-refractivity contribution in [3.8, 4) is 0 Å². The zero-order chi connectivity index (χ0) is 14.0. The van der Waals surface area contributed by atoms with Crippen molar-refractivity contribution in [1.82, 2.24) is 4.98 Å². The van der Waals surface area contributed by atoms with Crippen LogP contribution in [-0.2, 0) is 10.0 Å². The molecule has 1 heterocycles. The molecule has 0 bridgehead atoms. The molecule has 2 rings (SSSR count). The number of nitrogens with one attached hydrogen (secondary N) is 1. The Hall–Kier alpha value is -0.820. The number of benzene rings is 1. The zero-order valence-corrected chi connectivity index (χ0v) is 13.2. The van der Waals surface area contributed by atoms with Gasteiger partial charge in [0.2, 0.25) is 0 Å². The number of pyridine rings is 1. The normalized spacial score (nSPS) is 11.3. The Morgan fingerprint density at radius 2 is 1.89 bits per heavy atom. The van der Waals surface area contributed by atoms with Gasteiger partial charge in [-0.3, -0.25) is 9.71 Å². The van der Waals surface area contributed by atoms with Gasteiger partial charge >= 0.3 is 0 Å². The van der Waals surface area contributed by atoms with E-state index < -0.39 is 10.0 Å². The van der Waals surface area contributed by atoms with E-state index in [9.17, 15) is 8.42 Å². The molecule has 0 aliphatic heterocycles. The van der Waals surface area contributed by atoms with Crippen LogP contribution in [0.2, 0.25) is 10.0 Å². The highest BCUT2D eigenvalue weighted by Crippen LogP contribution is 2.28. The van der Waals surface area contributed by atoms with Crippen molar-refractivity contribution in [3.63, 3.8) is 0 Å². The van der Waals surface area contributed by atoms with E-state index in [4.69, 9.17) is 23.2 Å². The van der Waals surface area contributed by atoms with E-state index in [1.165, 1.54) is 18.5 Å². The Morgan fingerprint density at radius 3 is 2.53 bits per heavy atom. The average Bonchev–Trinajstić information content (AvgIpc) is 2.34. The van der Waals surface area contributed by atoms with Gasteiger partial charge in [0.15, 0.2) is 0 Å². The van der Waals surface area contributed by atoms with Crippen LogP contribution in [0, 0.1) is 0 Å². The van der Waals surface area contributed by atoms with Gasteiger partial charge in [-0.05, 0) is 40.2 Å². The van der Waals surface area contributed by atoms with E-state index in [2.05, 4.69) is 25.6 Å². The minimum atomic E-state index is -3.78. The van der Waals surface area contributed by atoms with Crippen molar-refractivity contribution >= 4 is 54.8 Å². The van der Waals surface area contributed by atoms with Crippen molar-refractivity contribution in [2.45, 2.75) is 4.90 Å². The van der Waals surface area contributed by atoms with Crippen LogP contribution in [0.1, 0.15) is 0 Å². The maximum atomic E-state index is 12.1. The minimum Gasteiger partial charge on any atom is -0.279 e. The molecule has 0 saturated heterocycles. The lowest BCUT2D eigenvalue weighted by molar-refractivity contribution is 0.601. The summed E-state index contributed by atoms with van der Waals surface area (Å²) in [5, 5.41) is 0.595. The number of halogens is 3. The Bertz CT molecular complexity index is 722. The number of hydrogen-bond acceptors (Lipinski definition) is 3. The van der Waals surface area contributed by atoms with Crippen LogP contribution in [0.4, 0.5) is 5.69 Å². The molecule has 4 nitrogen and oxygen atoms in total. The fraction of sp³-hybridized carbons (Fsp3) is 0. The van der Waals surface area contributed by atoms with E-state index in [1.807, 2.05) is 0 Å². The first-order chi connectivity index (χ1) is 8.90. The lowest BCUT2D eigenvalue weighted by atomic mass is 10.3. The second-order valence-electron chi connectivity index (χ2n) is 3.54. The summed E-state index contributed by atoms with van der Waals surface area (Å²) in [6.07, 6.45) is 2.61. The van der Waals surface area contributed by atoms with Gasteiger partial charge in [-0.15, -0.1) is 0 Å². The van der Waals surface area contributed by atoms with Gasteiger partial charge in [0.25, 0.3) is 10.0 Å². The molecule has 1 aromatic heterocycles. The minimum absolute atomic E-state index is 0.0808. The second-order valence-corrected chi connectivity index (χ2v) is 6.86. The Balaban J connectivity index is 2.37. The number of nitrogens with zero attached hydrogens (tertiary/aromatic N) is 1. The molecule has 0 fully saturated rings. The molecule has 1 N–H and O–H groups in total. The number of sulfonamides is 1. The van der Waals surface area contributed by atoms with Crippen molar-refractivity contribution in [1.29, 1.82) is 0 Å². The third-order valence-electron chi connectivity index (χ3n) is 2.20. The number of anilines is 1. The first-order valence-electron chi connectivity index (χ1n) is 4.97. The molecule has 0 spiro atoms. The lowest BCUT2D eigenvalue weighted by Crippen LogP contribution is -2.13. The summed E-state index contributed by atoms with van der Waals surface area (Å²) in [6, 6.07) is 6.10. The summed E-state index contributed by atoms with van der Waals surface area (Å²) in [7, 11) is -3.78. The van der Waals surface area contributed by atoms with Gasteiger partial charge in [0, 0.05) is 16.9 Å². The van der Waals surface area contributed by atoms with Crippen LogP contribution < -0.4 is 4.72 Å². The van der Waals surface area contributed by atoms with E-state index in [0.717, 1.165) is 0 Å². The molecule has 1 aromatic carbocycles. The van der Waals surface area contributed by atoms with Crippen molar-refractivity contribution in [3.05, 3.63) is 51.2 Å². The molecule has 0 radical (unpaired) electrons. The first kappa shape index (κ1) is 14.6. The standard InChI is InChI=1S/C11H7BrCl2N2O2S/c12-8-5-7(1-2-9(8)13)16-19(17,18)11-6-15-4-3-10(11)14/h1-6,16H. The lowest BCUT2D eigenvalue weighted by Gasteiger charge is -2.09. The van der Waals surface area contributed by atoms with Crippen molar-refractivity contribution < 1.29 is 8.42 Å². The molecule has 8 heteroatoms. The van der Waals surface area contributed by atoms with E-state index >= 15 is 0 Å². The van der Waals surface area contributed by atoms with Crippen LogP contribution in [0.25, 0.3) is 0 Å². The zero-order valence-electron chi connectivity index (χ0n) is 9.27. The quantitative estimate of drug-likeness (QED) is 0.875. The fourth-order valence-corrected chi connectivity index (χ4v) is 3.31. The van der Waals surface area contributed by atoms with E-state index in [1.54, 1.807) is 18.2 Å². The largest absolute Gasteiger partial charge is 0.279 e. The maximum Gasteiger partial charge on any atom is 0.264 e. The van der Waals surface area contributed by atoms with Crippen LogP contribution in [0.15, 0.2) is 46.0 Å². The summed E-state index contributed by atoms with van der Waals surface area (Å²) in [4.78, 5) is 3.67. The van der Waals surface area contributed by atoms with Crippen LogP contribution in [0.3, 0.4) is 0 Å². The fourth-order valence-electron chi connectivity index (χ4n) is 1.33. The summed E-state index contributed by atoms with van der Waals surface area (Å²) in [5.41, 5.74) is 0.371. The highest BCUT2D eigenvalue weighted by molar-refractivity contribution is 9.10. The van der Waals surface area contributed by atoms with Gasteiger partial charge in [-0.25, -0.2) is 8.42 Å². The molecule has 0 unspecified atom stereocenters. The van der Waals surface area contributed by atoms with Gasteiger partial charge in [-0.1, -0.05) is 23.2 Å². The van der Waals surface area contributed by atoms with Crippen LogP contribution in [-0.4, -0.2) is 13.4 Å². The van der Waals surface area contributed by atoms with Gasteiger partial charge < -0.3 is 0 Å². The maximum absolute atomic E-state index is 12.1. The van der Waals surface area contributed by atoms with Crippen LogP contribution in [0.5, 0.6) is 0 Å². The summed E-state index contributed by atoms with van der Waals surface area (Å²) in [5.74, 6) is 0. The smallest absolute Gasteiger partial charge is 0.264 e. The highest BCUT2D eigenvalue weighted by Gasteiger charge is 2.18. The third-order valence-corrected chi connectivity index (χ3v) is 5.26. The molecular formula is C11H7BrCl2N2O2S. The molecule has 0 atom stereocenters. The Labute approximate surface area is 128 Å². The third kappa shape index (κ3) is 3.39. The van der Waals surface area contributed by atoms with Crippen molar-refractivity contribution in [2.24, 2.45) is 0 Å². The number of rotatable bonds is 3. The van der Waals surface area contributed by atoms with Crippen LogP contribution >= 0.6 is 39.1 Å².